The summed E-state index contributed by atoms with van der Waals surface area (Å²) in [6.45, 7) is 1.86. The van der Waals surface area contributed by atoms with E-state index in [4.69, 9.17) is 4.74 Å². The zero-order valence-corrected chi connectivity index (χ0v) is 10.6. The fraction of sp³-hybridized carbons (Fsp3) is 0.333. The molecule has 8 heteroatoms. The van der Waals surface area contributed by atoms with Crippen molar-refractivity contribution in [1.82, 2.24) is 25.1 Å². The van der Waals surface area contributed by atoms with Crippen molar-refractivity contribution in [1.29, 1.82) is 0 Å². The van der Waals surface area contributed by atoms with E-state index in [9.17, 15) is 9.18 Å². The molecule has 0 bridgehead atoms. The lowest BCUT2D eigenvalue weighted by molar-refractivity contribution is 0.157. The first kappa shape index (κ1) is 12.5. The van der Waals surface area contributed by atoms with Crippen LogP contribution in [0.3, 0.4) is 0 Å². The topological polar surface area (TPSA) is 73.1 Å². The molecule has 0 radical (unpaired) electrons. The summed E-state index contributed by atoms with van der Waals surface area (Å²) in [5, 5.41) is 11.9. The number of carbonyl (C=O) groups excluding carboxylic acids is 1. The zero-order chi connectivity index (χ0) is 13.9. The van der Waals surface area contributed by atoms with Crippen molar-refractivity contribution in [3.05, 3.63) is 30.1 Å². The molecule has 1 aliphatic heterocycles. The molecule has 0 spiro atoms. The second kappa shape index (κ2) is 5.24. The van der Waals surface area contributed by atoms with Crippen LogP contribution in [0.15, 0.2) is 24.3 Å². The number of halogens is 1. The van der Waals surface area contributed by atoms with Crippen molar-refractivity contribution in [2.75, 3.05) is 19.7 Å². The number of cyclic esters (lactones) is 1. The molecule has 2 heterocycles. The quantitative estimate of drug-likeness (QED) is 0.831. The third kappa shape index (κ3) is 2.58. The van der Waals surface area contributed by atoms with Crippen molar-refractivity contribution in [2.24, 2.45) is 0 Å². The average molecular weight is 277 g/mol. The molecule has 1 aromatic carbocycles. The smallest absolute Gasteiger partial charge is 0.410 e. The molecular formula is C12H12FN5O2. The molecule has 0 aliphatic carbocycles. The van der Waals surface area contributed by atoms with Crippen molar-refractivity contribution in [2.45, 2.75) is 6.54 Å². The van der Waals surface area contributed by atoms with E-state index in [1.807, 2.05) is 0 Å². The highest BCUT2D eigenvalue weighted by Gasteiger charge is 2.21. The number of ether oxygens (including phenoxy) is 1. The lowest BCUT2D eigenvalue weighted by atomic mass is 10.2. The van der Waals surface area contributed by atoms with Crippen molar-refractivity contribution >= 4 is 6.09 Å². The van der Waals surface area contributed by atoms with E-state index in [-0.39, 0.29) is 11.9 Å². The summed E-state index contributed by atoms with van der Waals surface area (Å²) in [5.41, 5.74) is 0.567. The molecule has 0 unspecified atom stereocenters. The molecule has 0 atom stereocenters. The first-order valence-corrected chi connectivity index (χ1v) is 6.18. The minimum atomic E-state index is -0.348. The van der Waals surface area contributed by atoms with E-state index in [1.54, 1.807) is 17.0 Å². The number of hydrogen-bond acceptors (Lipinski definition) is 5. The van der Waals surface area contributed by atoms with Gasteiger partial charge in [-0.3, -0.25) is 0 Å². The van der Waals surface area contributed by atoms with Crippen LogP contribution in [0.1, 0.15) is 0 Å². The summed E-state index contributed by atoms with van der Waals surface area (Å²) >= 11 is 0. The molecule has 7 nitrogen and oxygen atoms in total. The zero-order valence-electron chi connectivity index (χ0n) is 10.6. The fourth-order valence-electron chi connectivity index (χ4n) is 1.92. The van der Waals surface area contributed by atoms with Crippen molar-refractivity contribution in [3.8, 4) is 11.4 Å². The second-order valence-corrected chi connectivity index (χ2v) is 4.32. The Kier molecular flexibility index (Phi) is 3.28. The van der Waals surface area contributed by atoms with Crippen molar-refractivity contribution < 1.29 is 13.9 Å². The maximum Gasteiger partial charge on any atom is 0.410 e. The Bertz CT molecular complexity index is 630. The van der Waals surface area contributed by atoms with Crippen LogP contribution < -0.4 is 0 Å². The predicted molar refractivity (Wildman–Crippen MR) is 66.1 cm³/mol. The van der Waals surface area contributed by atoms with E-state index in [0.29, 0.717) is 37.6 Å². The minimum Gasteiger partial charge on any atom is -0.448 e. The molecular weight excluding hydrogens is 265 g/mol. The van der Waals surface area contributed by atoms with Gasteiger partial charge in [0.05, 0.1) is 13.1 Å². The van der Waals surface area contributed by atoms with E-state index in [0.717, 1.165) is 0 Å². The molecule has 0 N–H and O–H groups in total. The molecule has 104 valence electrons. The maximum atomic E-state index is 13.1. The molecule has 1 saturated heterocycles. The van der Waals surface area contributed by atoms with Crippen LogP contribution in [0, 0.1) is 5.82 Å². The van der Waals surface area contributed by atoms with E-state index < -0.39 is 0 Å². The normalized spacial score (nSPS) is 14.7. The summed E-state index contributed by atoms with van der Waals surface area (Å²) in [6, 6.07) is 6.00. The summed E-state index contributed by atoms with van der Waals surface area (Å²) in [4.78, 5) is 14.2. The highest BCUT2D eigenvalue weighted by molar-refractivity contribution is 5.69. The number of aromatic nitrogens is 4. The Morgan fingerprint density at radius 1 is 1.35 bits per heavy atom. The maximum absolute atomic E-state index is 13.1. The summed E-state index contributed by atoms with van der Waals surface area (Å²) in [6.07, 6.45) is -0.324. The summed E-state index contributed by atoms with van der Waals surface area (Å²) < 4.78 is 17.9. The van der Waals surface area contributed by atoms with Gasteiger partial charge in [-0.1, -0.05) is 12.1 Å². The Balaban J connectivity index is 1.66. The van der Waals surface area contributed by atoms with Crippen LogP contribution in [0.5, 0.6) is 0 Å². The molecule has 20 heavy (non-hydrogen) atoms. The Labute approximate surface area is 113 Å². The van der Waals surface area contributed by atoms with Crippen LogP contribution >= 0.6 is 0 Å². The third-order valence-corrected chi connectivity index (χ3v) is 2.95. The molecule has 0 saturated carbocycles. The van der Waals surface area contributed by atoms with Crippen LogP contribution in [0.4, 0.5) is 9.18 Å². The molecule has 3 rings (SSSR count). The molecule has 1 aromatic heterocycles. The second-order valence-electron chi connectivity index (χ2n) is 4.32. The van der Waals surface area contributed by atoms with Gasteiger partial charge < -0.3 is 9.64 Å². The van der Waals surface area contributed by atoms with E-state index in [2.05, 4.69) is 15.4 Å². The van der Waals surface area contributed by atoms with Crippen LogP contribution in [0.25, 0.3) is 11.4 Å². The standard InChI is InChI=1S/C12H12FN5O2/c13-10-3-1-2-9(8-10)11-14-16-18(15-11)5-4-17-6-7-20-12(17)19/h1-3,8H,4-7H2. The van der Waals surface area contributed by atoms with E-state index >= 15 is 0 Å². The predicted octanol–water partition coefficient (Wildman–Crippen LogP) is 0.931. The summed E-state index contributed by atoms with van der Waals surface area (Å²) in [7, 11) is 0. The molecule has 1 fully saturated rings. The number of carbonyl (C=O) groups is 1. The third-order valence-electron chi connectivity index (χ3n) is 2.95. The number of benzene rings is 1. The lowest BCUT2D eigenvalue weighted by Crippen LogP contribution is -2.28. The Morgan fingerprint density at radius 3 is 3.00 bits per heavy atom. The number of amides is 1. The lowest BCUT2D eigenvalue weighted by Gasteiger charge is -2.10. The Morgan fingerprint density at radius 2 is 2.25 bits per heavy atom. The van der Waals surface area contributed by atoms with Gasteiger partial charge in [0.15, 0.2) is 0 Å². The van der Waals surface area contributed by atoms with Gasteiger partial charge in [-0.15, -0.1) is 10.2 Å². The van der Waals surface area contributed by atoms with Gasteiger partial charge in [-0.2, -0.15) is 4.80 Å². The highest BCUT2D eigenvalue weighted by Crippen LogP contribution is 2.14. The molecule has 1 amide bonds. The van der Waals surface area contributed by atoms with Gasteiger partial charge in [0.25, 0.3) is 0 Å². The van der Waals surface area contributed by atoms with Crippen molar-refractivity contribution in [3.63, 3.8) is 0 Å². The molecule has 2 aromatic rings. The van der Waals surface area contributed by atoms with Gasteiger partial charge in [-0.05, 0) is 17.3 Å². The number of nitrogens with zero attached hydrogens (tertiary/aromatic N) is 5. The Hall–Kier alpha value is -2.51. The van der Waals surface area contributed by atoms with Gasteiger partial charge >= 0.3 is 6.09 Å². The van der Waals surface area contributed by atoms with Gasteiger partial charge in [0.1, 0.15) is 12.4 Å². The first-order chi connectivity index (χ1) is 9.72. The number of rotatable bonds is 4. The highest BCUT2D eigenvalue weighted by atomic mass is 19.1. The van der Waals surface area contributed by atoms with Crippen LogP contribution in [-0.2, 0) is 11.3 Å². The SMILES string of the molecule is O=C1OCCN1CCn1nnc(-c2cccc(F)c2)n1. The van der Waals surface area contributed by atoms with Gasteiger partial charge in [0.2, 0.25) is 5.82 Å². The van der Waals surface area contributed by atoms with E-state index in [1.165, 1.54) is 16.9 Å². The van der Waals surface area contributed by atoms with Crippen LogP contribution in [0.2, 0.25) is 0 Å². The first-order valence-electron chi connectivity index (χ1n) is 6.18. The largest absolute Gasteiger partial charge is 0.448 e. The number of tetrazole rings is 1. The minimum absolute atomic E-state index is 0.324. The molecule has 1 aliphatic rings. The average Bonchev–Trinajstić information content (AvgIpc) is 3.05. The van der Waals surface area contributed by atoms with Gasteiger partial charge in [0, 0.05) is 12.1 Å². The number of hydrogen-bond donors (Lipinski definition) is 0. The summed E-state index contributed by atoms with van der Waals surface area (Å²) in [5.74, 6) is 0.00663. The fourth-order valence-corrected chi connectivity index (χ4v) is 1.92. The van der Waals surface area contributed by atoms with Gasteiger partial charge in [-0.25, -0.2) is 9.18 Å². The van der Waals surface area contributed by atoms with Crippen LogP contribution in [-0.4, -0.2) is 50.9 Å². The monoisotopic (exact) mass is 277 g/mol.